The summed E-state index contributed by atoms with van der Waals surface area (Å²) in [5.74, 6) is 0. The molecule has 2 N–H and O–H groups in total. The normalized spacial score (nSPS) is 10.3. The van der Waals surface area contributed by atoms with Crippen molar-refractivity contribution in [2.24, 2.45) is 5.73 Å². The Morgan fingerprint density at radius 1 is 1.30 bits per heavy atom. The van der Waals surface area contributed by atoms with E-state index in [0.29, 0.717) is 6.54 Å². The predicted octanol–water partition coefficient (Wildman–Crippen LogP) is 1.06. The van der Waals surface area contributed by atoms with Gasteiger partial charge in [-0.25, -0.2) is 0 Å². The highest BCUT2D eigenvalue weighted by Crippen LogP contribution is 2.06. The lowest BCUT2D eigenvalue weighted by Gasteiger charge is -1.95. The van der Waals surface area contributed by atoms with Gasteiger partial charge in [0.15, 0.2) is 0 Å². The van der Waals surface area contributed by atoms with Gasteiger partial charge < -0.3 is 10.3 Å². The van der Waals surface area contributed by atoms with Gasteiger partial charge in [0.1, 0.15) is 0 Å². The SMILES string of the molecule is Cc1cn(CCN)cc1C. The Labute approximate surface area is 61.7 Å². The van der Waals surface area contributed by atoms with Crippen LogP contribution in [0.2, 0.25) is 0 Å². The van der Waals surface area contributed by atoms with E-state index in [2.05, 4.69) is 30.8 Å². The van der Waals surface area contributed by atoms with E-state index in [1.54, 1.807) is 0 Å². The zero-order chi connectivity index (χ0) is 7.56. The molecule has 1 aromatic heterocycles. The quantitative estimate of drug-likeness (QED) is 0.651. The van der Waals surface area contributed by atoms with Gasteiger partial charge in [-0.3, -0.25) is 0 Å². The first-order chi connectivity index (χ1) is 4.74. The first kappa shape index (κ1) is 7.35. The summed E-state index contributed by atoms with van der Waals surface area (Å²) in [4.78, 5) is 0. The molecule has 0 aliphatic heterocycles. The van der Waals surface area contributed by atoms with Gasteiger partial charge in [0.25, 0.3) is 0 Å². The van der Waals surface area contributed by atoms with Crippen molar-refractivity contribution in [1.29, 1.82) is 0 Å². The van der Waals surface area contributed by atoms with Gasteiger partial charge in [-0.05, 0) is 25.0 Å². The molecule has 2 heteroatoms. The van der Waals surface area contributed by atoms with E-state index >= 15 is 0 Å². The first-order valence-electron chi connectivity index (χ1n) is 3.57. The fourth-order valence-electron chi connectivity index (χ4n) is 1.02. The molecule has 0 aromatic carbocycles. The van der Waals surface area contributed by atoms with Crippen LogP contribution in [0.4, 0.5) is 0 Å². The molecule has 2 nitrogen and oxygen atoms in total. The van der Waals surface area contributed by atoms with Crippen molar-refractivity contribution >= 4 is 0 Å². The van der Waals surface area contributed by atoms with E-state index in [0.717, 1.165) is 6.54 Å². The van der Waals surface area contributed by atoms with Gasteiger partial charge in [-0.2, -0.15) is 0 Å². The summed E-state index contributed by atoms with van der Waals surface area (Å²) in [6.07, 6.45) is 4.25. The lowest BCUT2D eigenvalue weighted by atomic mass is 10.2. The number of aromatic nitrogens is 1. The molecule has 1 heterocycles. The second kappa shape index (κ2) is 2.88. The highest BCUT2D eigenvalue weighted by Gasteiger charge is 1.94. The average Bonchev–Trinajstić information content (AvgIpc) is 2.14. The van der Waals surface area contributed by atoms with Crippen LogP contribution in [-0.4, -0.2) is 11.1 Å². The average molecular weight is 138 g/mol. The minimum Gasteiger partial charge on any atom is -0.352 e. The van der Waals surface area contributed by atoms with Gasteiger partial charge in [-0.15, -0.1) is 0 Å². The molecular weight excluding hydrogens is 124 g/mol. The molecule has 0 bridgehead atoms. The number of hydrogen-bond acceptors (Lipinski definition) is 1. The van der Waals surface area contributed by atoms with Crippen LogP contribution in [-0.2, 0) is 6.54 Å². The van der Waals surface area contributed by atoms with Crippen LogP contribution >= 0.6 is 0 Å². The van der Waals surface area contributed by atoms with Crippen LogP contribution in [0.1, 0.15) is 11.1 Å². The van der Waals surface area contributed by atoms with Gasteiger partial charge in [-0.1, -0.05) is 0 Å². The van der Waals surface area contributed by atoms with Crippen LogP contribution in [0.5, 0.6) is 0 Å². The van der Waals surface area contributed by atoms with Crippen molar-refractivity contribution in [2.75, 3.05) is 6.54 Å². The standard InChI is InChI=1S/C8H14N2/c1-7-5-10(4-3-9)6-8(7)2/h5-6H,3-4,9H2,1-2H3. The number of hydrogen-bond donors (Lipinski definition) is 1. The summed E-state index contributed by atoms with van der Waals surface area (Å²) in [6.45, 7) is 5.87. The first-order valence-corrected chi connectivity index (χ1v) is 3.57. The van der Waals surface area contributed by atoms with E-state index in [1.165, 1.54) is 11.1 Å². The van der Waals surface area contributed by atoms with Gasteiger partial charge >= 0.3 is 0 Å². The summed E-state index contributed by atoms with van der Waals surface area (Å²) in [7, 11) is 0. The fraction of sp³-hybridized carbons (Fsp3) is 0.500. The smallest absolute Gasteiger partial charge is 0.0342 e. The molecule has 0 spiro atoms. The second-order valence-corrected chi connectivity index (χ2v) is 2.65. The minimum absolute atomic E-state index is 0.716. The molecule has 0 saturated heterocycles. The molecular formula is C8H14N2. The molecule has 0 unspecified atom stereocenters. The largest absolute Gasteiger partial charge is 0.352 e. The highest BCUT2D eigenvalue weighted by molar-refractivity contribution is 5.20. The molecule has 1 rings (SSSR count). The van der Waals surface area contributed by atoms with E-state index < -0.39 is 0 Å². The molecule has 0 aliphatic carbocycles. The Morgan fingerprint density at radius 3 is 2.20 bits per heavy atom. The zero-order valence-electron chi connectivity index (χ0n) is 6.59. The van der Waals surface area contributed by atoms with Crippen molar-refractivity contribution in [3.8, 4) is 0 Å². The maximum atomic E-state index is 5.40. The summed E-state index contributed by atoms with van der Waals surface area (Å²) < 4.78 is 2.13. The molecule has 0 amide bonds. The predicted molar refractivity (Wildman–Crippen MR) is 43.0 cm³/mol. The number of nitrogens with two attached hydrogens (primary N) is 1. The molecule has 0 aliphatic rings. The van der Waals surface area contributed by atoms with Crippen molar-refractivity contribution in [3.05, 3.63) is 23.5 Å². The molecule has 0 fully saturated rings. The van der Waals surface area contributed by atoms with Gasteiger partial charge in [0.05, 0.1) is 0 Å². The van der Waals surface area contributed by atoms with Gasteiger partial charge in [0.2, 0.25) is 0 Å². The molecule has 10 heavy (non-hydrogen) atoms. The summed E-state index contributed by atoms with van der Waals surface area (Å²) >= 11 is 0. The third-order valence-corrected chi connectivity index (χ3v) is 1.73. The summed E-state index contributed by atoms with van der Waals surface area (Å²) in [5.41, 5.74) is 8.08. The van der Waals surface area contributed by atoms with Crippen LogP contribution in [0.3, 0.4) is 0 Å². The lowest BCUT2D eigenvalue weighted by Crippen LogP contribution is -2.07. The lowest BCUT2D eigenvalue weighted by molar-refractivity contribution is 0.711. The summed E-state index contributed by atoms with van der Waals surface area (Å²) in [5, 5.41) is 0. The van der Waals surface area contributed by atoms with Gasteiger partial charge in [0, 0.05) is 25.5 Å². The molecule has 0 atom stereocenters. The maximum Gasteiger partial charge on any atom is 0.0342 e. The molecule has 0 radical (unpaired) electrons. The fourth-order valence-corrected chi connectivity index (χ4v) is 1.02. The Kier molecular flexibility index (Phi) is 2.12. The Balaban J connectivity index is 2.77. The minimum atomic E-state index is 0.716. The van der Waals surface area contributed by atoms with Crippen LogP contribution in [0.25, 0.3) is 0 Å². The monoisotopic (exact) mass is 138 g/mol. The third kappa shape index (κ3) is 1.39. The van der Waals surface area contributed by atoms with E-state index in [1.807, 2.05) is 0 Å². The number of nitrogens with zero attached hydrogens (tertiary/aromatic N) is 1. The van der Waals surface area contributed by atoms with Crippen molar-refractivity contribution in [1.82, 2.24) is 4.57 Å². The molecule has 56 valence electrons. The van der Waals surface area contributed by atoms with E-state index in [4.69, 9.17) is 5.73 Å². The Morgan fingerprint density at radius 2 is 1.80 bits per heavy atom. The third-order valence-electron chi connectivity index (χ3n) is 1.73. The van der Waals surface area contributed by atoms with Crippen molar-refractivity contribution in [2.45, 2.75) is 20.4 Å². The topological polar surface area (TPSA) is 30.9 Å². The second-order valence-electron chi connectivity index (χ2n) is 2.65. The number of aryl methyl sites for hydroxylation is 2. The maximum absolute atomic E-state index is 5.40. The van der Waals surface area contributed by atoms with Crippen LogP contribution in [0.15, 0.2) is 12.4 Å². The van der Waals surface area contributed by atoms with E-state index in [-0.39, 0.29) is 0 Å². The van der Waals surface area contributed by atoms with Crippen LogP contribution in [0, 0.1) is 13.8 Å². The highest BCUT2D eigenvalue weighted by atomic mass is 14.9. The van der Waals surface area contributed by atoms with E-state index in [9.17, 15) is 0 Å². The van der Waals surface area contributed by atoms with Crippen molar-refractivity contribution < 1.29 is 0 Å². The number of rotatable bonds is 2. The Bertz CT molecular complexity index is 194. The Hall–Kier alpha value is -0.760. The zero-order valence-corrected chi connectivity index (χ0v) is 6.59. The molecule has 1 aromatic rings. The summed E-state index contributed by atoms with van der Waals surface area (Å²) in [6, 6.07) is 0. The van der Waals surface area contributed by atoms with Crippen LogP contribution < -0.4 is 5.73 Å². The van der Waals surface area contributed by atoms with Crippen molar-refractivity contribution in [3.63, 3.8) is 0 Å². The molecule has 0 saturated carbocycles.